The van der Waals surface area contributed by atoms with Gasteiger partial charge >= 0.3 is 0 Å². The number of nitrogens with one attached hydrogen (secondary N) is 1. The molecule has 4 nitrogen and oxygen atoms in total. The lowest BCUT2D eigenvalue weighted by Crippen LogP contribution is -2.38. The normalized spacial score (nSPS) is 22.1. The molecule has 0 aromatic carbocycles. The molecule has 5 heteroatoms. The standard InChI is InChI=1S/C13H28N2O2S/c1-12(2)14-8-11-18(16,17)15-9-5-6-13(3,4)7-10-15/h12,14H,5-11H2,1-4H3. The van der Waals surface area contributed by atoms with Crippen LogP contribution >= 0.6 is 0 Å². The molecule has 1 rings (SSSR count). The summed E-state index contributed by atoms with van der Waals surface area (Å²) in [4.78, 5) is 0. The molecule has 0 unspecified atom stereocenters. The van der Waals surface area contributed by atoms with Gasteiger partial charge in [0.15, 0.2) is 0 Å². The van der Waals surface area contributed by atoms with Crippen molar-refractivity contribution in [2.24, 2.45) is 5.41 Å². The van der Waals surface area contributed by atoms with Gasteiger partial charge in [-0.15, -0.1) is 0 Å². The topological polar surface area (TPSA) is 49.4 Å². The van der Waals surface area contributed by atoms with Crippen molar-refractivity contribution in [3.8, 4) is 0 Å². The minimum Gasteiger partial charge on any atom is -0.313 e. The van der Waals surface area contributed by atoms with Crippen molar-refractivity contribution in [2.75, 3.05) is 25.4 Å². The average molecular weight is 276 g/mol. The predicted molar refractivity (Wildman–Crippen MR) is 76.1 cm³/mol. The highest BCUT2D eigenvalue weighted by molar-refractivity contribution is 7.89. The molecule has 18 heavy (non-hydrogen) atoms. The van der Waals surface area contributed by atoms with E-state index in [2.05, 4.69) is 19.2 Å². The van der Waals surface area contributed by atoms with Gasteiger partial charge in [-0.05, 0) is 24.7 Å². The van der Waals surface area contributed by atoms with Crippen LogP contribution in [0.1, 0.15) is 47.0 Å². The Kier molecular flexibility index (Phi) is 5.62. The molecule has 0 aromatic heterocycles. The van der Waals surface area contributed by atoms with E-state index < -0.39 is 10.0 Å². The highest BCUT2D eigenvalue weighted by atomic mass is 32.2. The molecule has 0 atom stereocenters. The molecule has 1 N–H and O–H groups in total. The number of sulfonamides is 1. The first-order valence-electron chi connectivity index (χ1n) is 6.94. The van der Waals surface area contributed by atoms with Gasteiger partial charge in [-0.25, -0.2) is 12.7 Å². The van der Waals surface area contributed by atoms with E-state index in [0.29, 0.717) is 25.7 Å². The third-order valence-corrected chi connectivity index (χ3v) is 5.48. The Balaban J connectivity index is 2.52. The number of hydrogen-bond acceptors (Lipinski definition) is 3. The van der Waals surface area contributed by atoms with Crippen LogP contribution in [0, 0.1) is 5.41 Å². The van der Waals surface area contributed by atoms with Gasteiger partial charge in [0.05, 0.1) is 5.75 Å². The van der Waals surface area contributed by atoms with E-state index in [4.69, 9.17) is 0 Å². The van der Waals surface area contributed by atoms with Gasteiger partial charge in [0.2, 0.25) is 10.0 Å². The maximum Gasteiger partial charge on any atom is 0.215 e. The highest BCUT2D eigenvalue weighted by Gasteiger charge is 2.28. The summed E-state index contributed by atoms with van der Waals surface area (Å²) in [6, 6.07) is 0.336. The molecule has 0 radical (unpaired) electrons. The predicted octanol–water partition coefficient (Wildman–Crippen LogP) is 1.83. The summed E-state index contributed by atoms with van der Waals surface area (Å²) in [7, 11) is -3.08. The molecule has 0 bridgehead atoms. The maximum absolute atomic E-state index is 12.2. The molecule has 0 aromatic rings. The van der Waals surface area contributed by atoms with Crippen molar-refractivity contribution < 1.29 is 8.42 Å². The van der Waals surface area contributed by atoms with Gasteiger partial charge in [-0.2, -0.15) is 0 Å². The third kappa shape index (κ3) is 5.24. The number of hydrogen-bond donors (Lipinski definition) is 1. The lowest BCUT2D eigenvalue weighted by molar-refractivity contribution is 0.314. The molecule has 108 valence electrons. The zero-order valence-electron chi connectivity index (χ0n) is 12.2. The highest BCUT2D eigenvalue weighted by Crippen LogP contribution is 2.30. The Morgan fingerprint density at radius 2 is 1.89 bits per heavy atom. The minimum absolute atomic E-state index is 0.214. The van der Waals surface area contributed by atoms with Crippen molar-refractivity contribution in [3.63, 3.8) is 0 Å². The van der Waals surface area contributed by atoms with E-state index in [1.165, 1.54) is 0 Å². The summed E-state index contributed by atoms with van der Waals surface area (Å²) in [5.41, 5.74) is 0.278. The molecule has 1 fully saturated rings. The van der Waals surface area contributed by atoms with Crippen molar-refractivity contribution >= 4 is 10.0 Å². The third-order valence-electron chi connectivity index (χ3n) is 3.61. The maximum atomic E-state index is 12.2. The van der Waals surface area contributed by atoms with E-state index in [-0.39, 0.29) is 11.2 Å². The lowest BCUT2D eigenvalue weighted by atomic mass is 9.85. The molecular formula is C13H28N2O2S. The van der Waals surface area contributed by atoms with E-state index in [1.54, 1.807) is 4.31 Å². The van der Waals surface area contributed by atoms with Gasteiger partial charge in [0.25, 0.3) is 0 Å². The molecule has 0 amide bonds. The van der Waals surface area contributed by atoms with Crippen LogP contribution in [-0.2, 0) is 10.0 Å². The van der Waals surface area contributed by atoms with E-state index in [9.17, 15) is 8.42 Å². The summed E-state index contributed by atoms with van der Waals surface area (Å²) >= 11 is 0. The Hall–Kier alpha value is -0.130. The quantitative estimate of drug-likeness (QED) is 0.833. The molecule has 1 heterocycles. The molecule has 1 aliphatic rings. The van der Waals surface area contributed by atoms with E-state index in [1.807, 2.05) is 13.8 Å². The Morgan fingerprint density at radius 3 is 2.50 bits per heavy atom. The van der Waals surface area contributed by atoms with Crippen molar-refractivity contribution in [1.82, 2.24) is 9.62 Å². The van der Waals surface area contributed by atoms with Crippen LogP contribution in [-0.4, -0.2) is 44.2 Å². The Morgan fingerprint density at radius 1 is 1.22 bits per heavy atom. The zero-order valence-corrected chi connectivity index (χ0v) is 13.0. The fourth-order valence-electron chi connectivity index (χ4n) is 2.28. The van der Waals surface area contributed by atoms with Crippen LogP contribution < -0.4 is 5.32 Å². The van der Waals surface area contributed by atoms with Gasteiger partial charge in [0, 0.05) is 25.7 Å². The smallest absolute Gasteiger partial charge is 0.215 e. The molecular weight excluding hydrogens is 248 g/mol. The second-order valence-corrected chi connectivity index (χ2v) is 8.43. The lowest BCUT2D eigenvalue weighted by Gasteiger charge is -2.23. The number of nitrogens with zero attached hydrogens (tertiary/aromatic N) is 1. The van der Waals surface area contributed by atoms with Crippen LogP contribution in [0.5, 0.6) is 0 Å². The zero-order chi connectivity index (χ0) is 13.8. The van der Waals surface area contributed by atoms with Crippen LogP contribution in [0.3, 0.4) is 0 Å². The van der Waals surface area contributed by atoms with Crippen molar-refractivity contribution in [3.05, 3.63) is 0 Å². The fraction of sp³-hybridized carbons (Fsp3) is 1.00. The average Bonchev–Trinajstić information content (AvgIpc) is 2.38. The molecule has 0 spiro atoms. The SMILES string of the molecule is CC(C)NCCS(=O)(=O)N1CCCC(C)(C)CC1. The Labute approximate surface area is 112 Å². The molecule has 0 aliphatic carbocycles. The van der Waals surface area contributed by atoms with Crippen LogP contribution in [0.4, 0.5) is 0 Å². The largest absolute Gasteiger partial charge is 0.313 e. The molecule has 0 saturated carbocycles. The summed E-state index contributed by atoms with van der Waals surface area (Å²) in [5, 5.41) is 3.17. The van der Waals surface area contributed by atoms with E-state index in [0.717, 1.165) is 19.3 Å². The monoisotopic (exact) mass is 276 g/mol. The van der Waals surface area contributed by atoms with Gasteiger partial charge in [-0.1, -0.05) is 27.7 Å². The van der Waals surface area contributed by atoms with Crippen LogP contribution in [0.15, 0.2) is 0 Å². The second kappa shape index (κ2) is 6.35. The molecule has 1 aliphatic heterocycles. The summed E-state index contributed by atoms with van der Waals surface area (Å²) in [6.45, 7) is 10.4. The van der Waals surface area contributed by atoms with Gasteiger partial charge in [-0.3, -0.25) is 0 Å². The van der Waals surface area contributed by atoms with Crippen LogP contribution in [0.25, 0.3) is 0 Å². The first kappa shape index (κ1) is 15.9. The van der Waals surface area contributed by atoms with Gasteiger partial charge in [0.1, 0.15) is 0 Å². The fourth-order valence-corrected chi connectivity index (χ4v) is 3.69. The summed E-state index contributed by atoms with van der Waals surface area (Å²) < 4.78 is 26.1. The van der Waals surface area contributed by atoms with E-state index >= 15 is 0 Å². The summed E-state index contributed by atoms with van der Waals surface area (Å²) in [5.74, 6) is 0.214. The van der Waals surface area contributed by atoms with Crippen molar-refractivity contribution in [2.45, 2.75) is 53.0 Å². The van der Waals surface area contributed by atoms with Crippen LogP contribution in [0.2, 0.25) is 0 Å². The van der Waals surface area contributed by atoms with Gasteiger partial charge < -0.3 is 5.32 Å². The Bertz CT molecular complexity index is 350. The minimum atomic E-state index is -3.08. The number of rotatable bonds is 5. The first-order chi connectivity index (χ1) is 8.23. The second-order valence-electron chi connectivity index (χ2n) is 6.34. The van der Waals surface area contributed by atoms with Crippen molar-refractivity contribution in [1.29, 1.82) is 0 Å². The molecule has 1 saturated heterocycles. The summed E-state index contributed by atoms with van der Waals surface area (Å²) in [6.07, 6.45) is 3.05. The first-order valence-corrected chi connectivity index (χ1v) is 8.55.